The van der Waals surface area contributed by atoms with Crippen LogP contribution in [0.5, 0.6) is 5.75 Å². The van der Waals surface area contributed by atoms with Crippen LogP contribution in [0.4, 0.5) is 0 Å². The molecule has 0 bridgehead atoms. The number of hydrogen-bond acceptors (Lipinski definition) is 1. The van der Waals surface area contributed by atoms with Gasteiger partial charge < -0.3 is 4.74 Å². The van der Waals surface area contributed by atoms with E-state index in [1.165, 1.54) is 11.1 Å². The van der Waals surface area contributed by atoms with Gasteiger partial charge in [0.25, 0.3) is 0 Å². The van der Waals surface area contributed by atoms with Crippen molar-refractivity contribution in [3.63, 3.8) is 0 Å². The molecule has 0 amide bonds. The van der Waals surface area contributed by atoms with Crippen LogP contribution in [-0.4, -0.2) is 6.61 Å². The maximum absolute atomic E-state index is 5.78. The molecule has 0 unspecified atom stereocenters. The van der Waals surface area contributed by atoms with E-state index in [4.69, 9.17) is 4.74 Å². The Morgan fingerprint density at radius 1 is 1.06 bits per heavy atom. The molecule has 1 rings (SSSR count). The first-order valence-corrected chi connectivity index (χ1v) is 6.32. The van der Waals surface area contributed by atoms with Gasteiger partial charge in [-0.3, -0.25) is 0 Å². The van der Waals surface area contributed by atoms with E-state index < -0.39 is 0 Å². The van der Waals surface area contributed by atoms with E-state index in [9.17, 15) is 0 Å². The smallest absolute Gasteiger partial charge is 0.122 e. The molecule has 0 saturated heterocycles. The zero-order valence-electron chi connectivity index (χ0n) is 11.2. The second-order valence-electron chi connectivity index (χ2n) is 4.96. The highest BCUT2D eigenvalue weighted by Gasteiger charge is 2.10. The molecule has 1 aromatic carbocycles. The van der Waals surface area contributed by atoms with Crippen molar-refractivity contribution in [3.05, 3.63) is 29.3 Å². The van der Waals surface area contributed by atoms with E-state index in [1.54, 1.807) is 0 Å². The van der Waals surface area contributed by atoms with E-state index in [0.29, 0.717) is 11.8 Å². The third-order valence-electron chi connectivity index (χ3n) is 2.78. The SMILES string of the molecule is CCCOc1ccc(C(C)C)cc1C(C)C. The van der Waals surface area contributed by atoms with Crippen molar-refractivity contribution < 1.29 is 4.74 Å². The molecule has 1 aromatic rings. The minimum Gasteiger partial charge on any atom is -0.493 e. The number of benzene rings is 1. The lowest BCUT2D eigenvalue weighted by Crippen LogP contribution is -2.01. The number of ether oxygens (including phenoxy) is 1. The summed E-state index contributed by atoms with van der Waals surface area (Å²) in [6.45, 7) is 11.8. The van der Waals surface area contributed by atoms with Gasteiger partial charge in [0.15, 0.2) is 0 Å². The van der Waals surface area contributed by atoms with Gasteiger partial charge in [-0.1, -0.05) is 46.8 Å². The summed E-state index contributed by atoms with van der Waals surface area (Å²) in [5.41, 5.74) is 2.73. The van der Waals surface area contributed by atoms with E-state index >= 15 is 0 Å². The Morgan fingerprint density at radius 2 is 1.75 bits per heavy atom. The minimum absolute atomic E-state index is 0.519. The van der Waals surface area contributed by atoms with Crippen molar-refractivity contribution in [2.75, 3.05) is 6.61 Å². The van der Waals surface area contributed by atoms with Crippen LogP contribution >= 0.6 is 0 Å². The topological polar surface area (TPSA) is 9.23 Å². The molecule has 0 heterocycles. The van der Waals surface area contributed by atoms with Crippen LogP contribution in [0.15, 0.2) is 18.2 Å². The van der Waals surface area contributed by atoms with E-state index in [0.717, 1.165) is 18.8 Å². The standard InChI is InChI=1S/C15H24O/c1-6-9-16-15-8-7-13(11(2)3)10-14(15)12(4)5/h7-8,10-12H,6,9H2,1-5H3. The summed E-state index contributed by atoms with van der Waals surface area (Å²) in [5.74, 6) is 2.16. The van der Waals surface area contributed by atoms with E-state index in [-0.39, 0.29) is 0 Å². The fraction of sp³-hybridized carbons (Fsp3) is 0.600. The van der Waals surface area contributed by atoms with Crippen molar-refractivity contribution in [2.45, 2.75) is 52.9 Å². The first-order chi connectivity index (χ1) is 7.56. The Bertz CT molecular complexity index is 326. The Hall–Kier alpha value is -0.980. The Morgan fingerprint density at radius 3 is 2.25 bits per heavy atom. The van der Waals surface area contributed by atoms with Gasteiger partial charge in [0.1, 0.15) is 5.75 Å². The Kier molecular flexibility index (Phi) is 4.85. The maximum Gasteiger partial charge on any atom is 0.122 e. The highest BCUT2D eigenvalue weighted by atomic mass is 16.5. The normalized spacial score (nSPS) is 11.2. The first kappa shape index (κ1) is 13.1. The molecule has 0 aliphatic heterocycles. The lowest BCUT2D eigenvalue weighted by Gasteiger charge is -2.16. The van der Waals surface area contributed by atoms with Gasteiger partial charge in [-0.05, 0) is 35.4 Å². The Balaban J connectivity index is 2.99. The van der Waals surface area contributed by atoms with Gasteiger partial charge in [0.05, 0.1) is 6.61 Å². The summed E-state index contributed by atoms with van der Waals surface area (Å²) < 4.78 is 5.78. The van der Waals surface area contributed by atoms with Gasteiger partial charge in [0.2, 0.25) is 0 Å². The van der Waals surface area contributed by atoms with Gasteiger partial charge >= 0.3 is 0 Å². The summed E-state index contributed by atoms with van der Waals surface area (Å²) >= 11 is 0. The van der Waals surface area contributed by atoms with Gasteiger partial charge in [-0.15, -0.1) is 0 Å². The van der Waals surface area contributed by atoms with Crippen molar-refractivity contribution in [2.24, 2.45) is 0 Å². The molecule has 0 aliphatic rings. The largest absolute Gasteiger partial charge is 0.493 e. The third kappa shape index (κ3) is 3.26. The second-order valence-corrected chi connectivity index (χ2v) is 4.96. The average Bonchev–Trinajstić information content (AvgIpc) is 2.25. The van der Waals surface area contributed by atoms with Crippen molar-refractivity contribution in [1.29, 1.82) is 0 Å². The molecule has 0 aromatic heterocycles. The molecular formula is C15H24O. The van der Waals surface area contributed by atoms with Gasteiger partial charge in [-0.25, -0.2) is 0 Å². The minimum atomic E-state index is 0.519. The van der Waals surface area contributed by atoms with E-state index in [2.05, 4.69) is 52.8 Å². The predicted molar refractivity (Wildman–Crippen MR) is 70.4 cm³/mol. The summed E-state index contributed by atoms with van der Waals surface area (Å²) in [5, 5.41) is 0. The number of rotatable bonds is 5. The zero-order valence-corrected chi connectivity index (χ0v) is 11.2. The van der Waals surface area contributed by atoms with Gasteiger partial charge in [0, 0.05) is 0 Å². The molecule has 1 nitrogen and oxygen atoms in total. The quantitative estimate of drug-likeness (QED) is 0.697. The lowest BCUT2D eigenvalue weighted by molar-refractivity contribution is 0.313. The molecule has 0 fully saturated rings. The zero-order chi connectivity index (χ0) is 12.1. The second kappa shape index (κ2) is 5.93. The molecule has 0 atom stereocenters. The summed E-state index contributed by atoms with van der Waals surface area (Å²) in [4.78, 5) is 0. The monoisotopic (exact) mass is 220 g/mol. The van der Waals surface area contributed by atoms with Crippen LogP contribution in [-0.2, 0) is 0 Å². The molecule has 90 valence electrons. The molecule has 16 heavy (non-hydrogen) atoms. The highest BCUT2D eigenvalue weighted by molar-refractivity contribution is 5.40. The molecule has 0 N–H and O–H groups in total. The fourth-order valence-corrected chi connectivity index (χ4v) is 1.72. The fourth-order valence-electron chi connectivity index (χ4n) is 1.72. The molecule has 0 spiro atoms. The Labute approximate surface area is 99.8 Å². The third-order valence-corrected chi connectivity index (χ3v) is 2.78. The molecule has 0 saturated carbocycles. The van der Waals surface area contributed by atoms with Crippen molar-refractivity contribution in [3.8, 4) is 5.75 Å². The van der Waals surface area contributed by atoms with Crippen LogP contribution in [0.3, 0.4) is 0 Å². The first-order valence-electron chi connectivity index (χ1n) is 6.32. The summed E-state index contributed by atoms with van der Waals surface area (Å²) in [6.07, 6.45) is 1.06. The molecule has 1 heteroatoms. The van der Waals surface area contributed by atoms with Crippen LogP contribution in [0, 0.1) is 0 Å². The van der Waals surface area contributed by atoms with Crippen LogP contribution < -0.4 is 4.74 Å². The van der Waals surface area contributed by atoms with Crippen molar-refractivity contribution in [1.82, 2.24) is 0 Å². The predicted octanol–water partition coefficient (Wildman–Crippen LogP) is 4.72. The maximum atomic E-state index is 5.78. The lowest BCUT2D eigenvalue weighted by atomic mass is 9.95. The van der Waals surface area contributed by atoms with Crippen LogP contribution in [0.1, 0.15) is 64.0 Å². The van der Waals surface area contributed by atoms with Crippen LogP contribution in [0.25, 0.3) is 0 Å². The highest BCUT2D eigenvalue weighted by Crippen LogP contribution is 2.30. The number of hydrogen-bond donors (Lipinski definition) is 0. The molecule has 0 aliphatic carbocycles. The summed E-state index contributed by atoms with van der Waals surface area (Å²) in [6, 6.07) is 6.60. The molecule has 0 radical (unpaired) electrons. The summed E-state index contributed by atoms with van der Waals surface area (Å²) in [7, 11) is 0. The van der Waals surface area contributed by atoms with E-state index in [1.807, 2.05) is 0 Å². The van der Waals surface area contributed by atoms with Crippen LogP contribution in [0.2, 0.25) is 0 Å². The average molecular weight is 220 g/mol. The molecular weight excluding hydrogens is 196 g/mol. The van der Waals surface area contributed by atoms with Gasteiger partial charge in [-0.2, -0.15) is 0 Å². The van der Waals surface area contributed by atoms with Crippen molar-refractivity contribution >= 4 is 0 Å².